The fourth-order valence-electron chi connectivity index (χ4n) is 4.25. The molecule has 164 valence electrons. The lowest BCUT2D eigenvalue weighted by Crippen LogP contribution is -2.42. The highest BCUT2D eigenvalue weighted by Gasteiger charge is 2.34. The lowest BCUT2D eigenvalue weighted by atomic mass is 9.85. The van der Waals surface area contributed by atoms with E-state index in [1.165, 1.54) is 36.7 Å². The first-order chi connectivity index (χ1) is 13.9. The standard InChI is InChI=1S/C20H32ClN3O3S2/c1-16(20(25)22-10-5-13-23-11-3-2-4-12-23)17-8-14-24(15-9-17)29(26,27)19-7-6-18(21)28-19/h6-7,16-17H,2-5,8-15H2,1H3,(H,22,25). The molecule has 1 aromatic heterocycles. The first kappa shape index (κ1) is 23.0. The number of carbonyl (C=O) groups is 1. The van der Waals surface area contributed by atoms with Gasteiger partial charge in [0.2, 0.25) is 5.91 Å². The molecule has 0 aliphatic carbocycles. The summed E-state index contributed by atoms with van der Waals surface area (Å²) in [4.78, 5) is 15.0. The van der Waals surface area contributed by atoms with Gasteiger partial charge in [-0.25, -0.2) is 8.42 Å². The number of hydrogen-bond donors (Lipinski definition) is 1. The van der Waals surface area contributed by atoms with Gasteiger partial charge in [-0.2, -0.15) is 4.31 Å². The molecule has 1 N–H and O–H groups in total. The summed E-state index contributed by atoms with van der Waals surface area (Å²) in [6, 6.07) is 3.18. The van der Waals surface area contributed by atoms with E-state index in [-0.39, 0.29) is 17.7 Å². The zero-order chi connectivity index (χ0) is 20.9. The quantitative estimate of drug-likeness (QED) is 0.602. The summed E-state index contributed by atoms with van der Waals surface area (Å²) in [5, 5.41) is 3.08. The van der Waals surface area contributed by atoms with Crippen LogP contribution in [0, 0.1) is 11.8 Å². The molecule has 2 aliphatic rings. The molecular formula is C20H32ClN3O3S2. The van der Waals surface area contributed by atoms with Gasteiger partial charge in [-0.05, 0) is 69.8 Å². The van der Waals surface area contributed by atoms with Crippen LogP contribution in [0.25, 0.3) is 0 Å². The number of hydrogen-bond acceptors (Lipinski definition) is 5. The van der Waals surface area contributed by atoms with E-state index >= 15 is 0 Å². The van der Waals surface area contributed by atoms with Crippen LogP contribution in [0.3, 0.4) is 0 Å². The van der Waals surface area contributed by atoms with E-state index in [1.54, 1.807) is 12.1 Å². The second kappa shape index (κ2) is 10.6. The largest absolute Gasteiger partial charge is 0.356 e. The van der Waals surface area contributed by atoms with Gasteiger partial charge in [0, 0.05) is 25.6 Å². The number of thiophene rings is 1. The van der Waals surface area contributed by atoms with E-state index in [0.717, 1.165) is 24.3 Å². The molecule has 2 fully saturated rings. The molecule has 1 aromatic rings. The van der Waals surface area contributed by atoms with Crippen LogP contribution >= 0.6 is 22.9 Å². The van der Waals surface area contributed by atoms with Crippen molar-refractivity contribution in [3.8, 4) is 0 Å². The Labute approximate surface area is 183 Å². The molecule has 0 aromatic carbocycles. The first-order valence-electron chi connectivity index (χ1n) is 10.6. The van der Waals surface area contributed by atoms with E-state index in [9.17, 15) is 13.2 Å². The number of nitrogens with one attached hydrogen (secondary N) is 1. The molecule has 0 radical (unpaired) electrons. The molecule has 3 rings (SSSR count). The number of amides is 1. The summed E-state index contributed by atoms with van der Waals surface area (Å²) >= 11 is 6.98. The Morgan fingerprint density at radius 2 is 1.90 bits per heavy atom. The topological polar surface area (TPSA) is 69.7 Å². The van der Waals surface area contributed by atoms with Crippen LogP contribution in [-0.2, 0) is 14.8 Å². The molecule has 9 heteroatoms. The van der Waals surface area contributed by atoms with Crippen molar-refractivity contribution < 1.29 is 13.2 Å². The van der Waals surface area contributed by atoms with Crippen molar-refractivity contribution in [2.24, 2.45) is 11.8 Å². The minimum Gasteiger partial charge on any atom is -0.356 e. The highest BCUT2D eigenvalue weighted by Crippen LogP contribution is 2.32. The fraction of sp³-hybridized carbons (Fsp3) is 0.750. The average molecular weight is 462 g/mol. The Kier molecular flexibility index (Phi) is 8.39. The number of halogens is 1. The van der Waals surface area contributed by atoms with Crippen LogP contribution < -0.4 is 5.32 Å². The molecule has 2 saturated heterocycles. The summed E-state index contributed by atoms with van der Waals surface area (Å²) in [5.41, 5.74) is 0. The smallest absolute Gasteiger partial charge is 0.252 e. The zero-order valence-corrected chi connectivity index (χ0v) is 19.5. The number of piperidine rings is 2. The van der Waals surface area contributed by atoms with Gasteiger partial charge < -0.3 is 10.2 Å². The molecule has 3 heterocycles. The number of carbonyl (C=O) groups excluding carboxylic acids is 1. The van der Waals surface area contributed by atoms with Crippen LogP contribution in [0.5, 0.6) is 0 Å². The van der Waals surface area contributed by atoms with E-state index in [2.05, 4.69) is 10.2 Å². The Bertz CT molecular complexity index is 770. The number of rotatable bonds is 8. The van der Waals surface area contributed by atoms with Gasteiger partial charge in [0.25, 0.3) is 10.0 Å². The molecule has 0 saturated carbocycles. The summed E-state index contributed by atoms with van der Waals surface area (Å²) in [7, 11) is -3.48. The van der Waals surface area contributed by atoms with Crippen LogP contribution in [0.1, 0.15) is 45.4 Å². The Balaban J connectivity index is 1.39. The summed E-state index contributed by atoms with van der Waals surface area (Å²) in [6.07, 6.45) is 6.32. The van der Waals surface area contributed by atoms with Gasteiger partial charge in [0.15, 0.2) is 0 Å². The van der Waals surface area contributed by atoms with Crippen molar-refractivity contribution in [2.75, 3.05) is 39.3 Å². The monoisotopic (exact) mass is 461 g/mol. The van der Waals surface area contributed by atoms with Crippen molar-refractivity contribution in [3.05, 3.63) is 16.5 Å². The van der Waals surface area contributed by atoms with Crippen LogP contribution in [0.2, 0.25) is 4.34 Å². The average Bonchev–Trinajstić information content (AvgIpc) is 3.18. The van der Waals surface area contributed by atoms with Gasteiger partial charge >= 0.3 is 0 Å². The summed E-state index contributed by atoms with van der Waals surface area (Å²) < 4.78 is 27.7. The van der Waals surface area contributed by atoms with Crippen molar-refractivity contribution in [1.29, 1.82) is 0 Å². The van der Waals surface area contributed by atoms with Gasteiger partial charge in [-0.3, -0.25) is 4.79 Å². The van der Waals surface area contributed by atoms with Gasteiger partial charge in [0.1, 0.15) is 4.21 Å². The maximum atomic E-state index is 12.7. The molecule has 2 aliphatic heterocycles. The maximum absolute atomic E-state index is 12.7. The van der Waals surface area contributed by atoms with E-state index in [1.807, 2.05) is 6.92 Å². The van der Waals surface area contributed by atoms with Gasteiger partial charge in [-0.1, -0.05) is 24.9 Å². The zero-order valence-electron chi connectivity index (χ0n) is 17.1. The highest BCUT2D eigenvalue weighted by molar-refractivity contribution is 7.91. The molecule has 29 heavy (non-hydrogen) atoms. The predicted octanol–water partition coefficient (Wildman–Crippen LogP) is 3.43. The van der Waals surface area contributed by atoms with Crippen molar-refractivity contribution >= 4 is 38.9 Å². The summed E-state index contributed by atoms with van der Waals surface area (Å²) in [5.74, 6) is 0.219. The molecular weight excluding hydrogens is 430 g/mol. The molecule has 1 unspecified atom stereocenters. The first-order valence-corrected chi connectivity index (χ1v) is 13.3. The minimum atomic E-state index is -3.48. The second-order valence-electron chi connectivity index (χ2n) is 8.14. The van der Waals surface area contributed by atoms with Crippen molar-refractivity contribution in [1.82, 2.24) is 14.5 Å². The Hall–Kier alpha value is -0.670. The molecule has 0 bridgehead atoms. The van der Waals surface area contributed by atoms with Gasteiger partial charge in [0.05, 0.1) is 4.34 Å². The van der Waals surface area contributed by atoms with Crippen molar-refractivity contribution in [3.63, 3.8) is 0 Å². The molecule has 0 spiro atoms. The van der Waals surface area contributed by atoms with Gasteiger partial charge in [-0.15, -0.1) is 11.3 Å². The SMILES string of the molecule is CC(C(=O)NCCCN1CCCCC1)C1CCN(S(=O)(=O)c2ccc(Cl)s2)CC1. The van der Waals surface area contributed by atoms with Crippen molar-refractivity contribution in [2.45, 2.75) is 49.7 Å². The normalized spacial score (nSPS) is 21.2. The third kappa shape index (κ3) is 6.17. The number of sulfonamides is 1. The van der Waals surface area contributed by atoms with Crippen LogP contribution in [-0.4, -0.2) is 62.8 Å². The lowest BCUT2D eigenvalue weighted by molar-refractivity contribution is -0.126. The molecule has 6 nitrogen and oxygen atoms in total. The number of likely N-dealkylation sites (tertiary alicyclic amines) is 1. The Morgan fingerprint density at radius 3 is 2.52 bits per heavy atom. The predicted molar refractivity (Wildman–Crippen MR) is 118 cm³/mol. The van der Waals surface area contributed by atoms with E-state index < -0.39 is 10.0 Å². The molecule has 1 atom stereocenters. The second-order valence-corrected chi connectivity index (χ2v) is 12.0. The maximum Gasteiger partial charge on any atom is 0.252 e. The minimum absolute atomic E-state index is 0.0916. The molecule has 1 amide bonds. The van der Waals surface area contributed by atoms with E-state index in [0.29, 0.717) is 41.0 Å². The number of nitrogens with zero attached hydrogens (tertiary/aromatic N) is 2. The summed E-state index contributed by atoms with van der Waals surface area (Å²) in [6.45, 7) is 7.01. The third-order valence-electron chi connectivity index (χ3n) is 6.16. The third-order valence-corrected chi connectivity index (χ3v) is 9.76. The van der Waals surface area contributed by atoms with Crippen LogP contribution in [0.15, 0.2) is 16.3 Å². The highest BCUT2D eigenvalue weighted by atomic mass is 35.5. The lowest BCUT2D eigenvalue weighted by Gasteiger charge is -2.33. The van der Waals surface area contributed by atoms with E-state index in [4.69, 9.17) is 11.6 Å². The Morgan fingerprint density at radius 1 is 1.21 bits per heavy atom. The van der Waals surface area contributed by atoms with Crippen LogP contribution in [0.4, 0.5) is 0 Å². The fourth-order valence-corrected chi connectivity index (χ4v) is 7.36.